The highest BCUT2D eigenvalue weighted by molar-refractivity contribution is 6.34. The van der Waals surface area contributed by atoms with Gasteiger partial charge in [0.1, 0.15) is 13.1 Å². The fourth-order valence-electron chi connectivity index (χ4n) is 1.43. The zero-order valence-corrected chi connectivity index (χ0v) is 10.8. The molecular weight excluding hydrogens is 286 g/mol. The summed E-state index contributed by atoms with van der Waals surface area (Å²) in [5, 5.41) is 27.8. The molecule has 1 rings (SSSR count). The second-order valence-electron chi connectivity index (χ2n) is 3.62. The third-order valence-electron chi connectivity index (χ3n) is 2.37. The summed E-state index contributed by atoms with van der Waals surface area (Å²) in [5.41, 5.74) is 4.86. The van der Waals surface area contributed by atoms with E-state index < -0.39 is 16.5 Å². The minimum Gasteiger partial charge on any atom is -0.397 e. The smallest absolute Gasteiger partial charge is 0.271 e. The number of non-ortho nitro benzene ring substituents is 1. The molecule has 0 aliphatic carbocycles. The average molecular weight is 294 g/mol. The predicted molar refractivity (Wildman–Crippen MR) is 69.6 cm³/mol. The monoisotopic (exact) mass is 293 g/mol. The molecule has 1 aromatic rings. The highest BCUT2D eigenvalue weighted by atomic mass is 35.5. The summed E-state index contributed by atoms with van der Waals surface area (Å²) in [6.45, 7) is -0.682. The lowest BCUT2D eigenvalue weighted by molar-refractivity contribution is -0.384. The Morgan fingerprint density at radius 2 is 1.95 bits per heavy atom. The van der Waals surface area contributed by atoms with Crippen molar-refractivity contribution in [3.63, 3.8) is 0 Å². The number of nitrogens with two attached hydrogens (primary N) is 1. The maximum Gasteiger partial charge on any atom is 0.271 e. The van der Waals surface area contributed by atoms with E-state index in [9.17, 15) is 14.9 Å². The van der Waals surface area contributed by atoms with Crippen LogP contribution in [-0.4, -0.2) is 28.8 Å². The zero-order valence-electron chi connectivity index (χ0n) is 10.0. The van der Waals surface area contributed by atoms with Crippen molar-refractivity contribution in [2.24, 2.45) is 0 Å². The first-order valence-corrected chi connectivity index (χ1v) is 5.56. The normalized spacial score (nSPS) is 9.35. The number of rotatable bonds is 4. The second kappa shape index (κ2) is 6.36. The molecule has 102 valence electrons. The lowest BCUT2D eigenvalue weighted by atomic mass is 10.1. The number of nitro benzene ring substituents is 1. The molecular formula is C11H8ClN5O3. The Hall–Kier alpha value is -2.84. The number of nitrogens with zero attached hydrogens (tertiary/aromatic N) is 4. The first kappa shape index (κ1) is 15.2. The van der Waals surface area contributed by atoms with Crippen LogP contribution in [0.25, 0.3) is 0 Å². The Morgan fingerprint density at radius 3 is 2.40 bits per heavy atom. The third-order valence-corrected chi connectivity index (χ3v) is 2.68. The Balaban J connectivity index is 3.31. The lowest BCUT2D eigenvalue weighted by Crippen LogP contribution is -2.32. The molecule has 1 aromatic carbocycles. The fourth-order valence-corrected chi connectivity index (χ4v) is 1.64. The fraction of sp³-hybridized carbons (Fsp3) is 0.182. The summed E-state index contributed by atoms with van der Waals surface area (Å²) >= 11 is 5.74. The summed E-state index contributed by atoms with van der Waals surface area (Å²) < 4.78 is 0. The van der Waals surface area contributed by atoms with Crippen molar-refractivity contribution in [3.05, 3.63) is 32.8 Å². The van der Waals surface area contributed by atoms with Crippen LogP contribution >= 0.6 is 11.6 Å². The number of nitriles is 2. The summed E-state index contributed by atoms with van der Waals surface area (Å²) in [7, 11) is 0. The number of hydrogen-bond acceptors (Lipinski definition) is 6. The van der Waals surface area contributed by atoms with Gasteiger partial charge in [0.25, 0.3) is 11.6 Å². The molecule has 0 aromatic heterocycles. The highest BCUT2D eigenvalue weighted by Gasteiger charge is 2.23. The third kappa shape index (κ3) is 3.13. The van der Waals surface area contributed by atoms with E-state index in [-0.39, 0.29) is 29.4 Å². The van der Waals surface area contributed by atoms with Crippen LogP contribution < -0.4 is 5.73 Å². The van der Waals surface area contributed by atoms with Gasteiger partial charge >= 0.3 is 0 Å². The van der Waals surface area contributed by atoms with Gasteiger partial charge in [0.05, 0.1) is 33.3 Å². The summed E-state index contributed by atoms with van der Waals surface area (Å²) in [5.74, 6) is -0.767. The maximum atomic E-state index is 12.1. The van der Waals surface area contributed by atoms with E-state index in [0.717, 1.165) is 17.0 Å². The van der Waals surface area contributed by atoms with Gasteiger partial charge in [0.2, 0.25) is 0 Å². The molecule has 9 heteroatoms. The first-order chi connectivity index (χ1) is 9.42. The van der Waals surface area contributed by atoms with Crippen LogP contribution in [0.3, 0.4) is 0 Å². The van der Waals surface area contributed by atoms with Crippen LogP contribution in [0, 0.1) is 32.8 Å². The van der Waals surface area contributed by atoms with Crippen LogP contribution in [0.2, 0.25) is 5.02 Å². The van der Waals surface area contributed by atoms with E-state index >= 15 is 0 Å². The Kier molecular flexibility index (Phi) is 4.84. The Bertz CT molecular complexity index is 631. The van der Waals surface area contributed by atoms with Crippen LogP contribution in [0.15, 0.2) is 12.1 Å². The maximum absolute atomic E-state index is 12.1. The average Bonchev–Trinajstić information content (AvgIpc) is 2.40. The van der Waals surface area contributed by atoms with Crippen molar-refractivity contribution in [1.29, 1.82) is 10.5 Å². The second-order valence-corrected chi connectivity index (χ2v) is 4.03. The molecule has 0 saturated heterocycles. The molecule has 0 aliphatic heterocycles. The molecule has 0 bridgehead atoms. The van der Waals surface area contributed by atoms with Gasteiger partial charge in [-0.1, -0.05) is 11.6 Å². The van der Waals surface area contributed by atoms with Crippen LogP contribution in [0.5, 0.6) is 0 Å². The van der Waals surface area contributed by atoms with Crippen LogP contribution in [-0.2, 0) is 0 Å². The number of carbonyl (C=O) groups excluding carboxylic acids is 1. The van der Waals surface area contributed by atoms with Crippen molar-refractivity contribution in [3.8, 4) is 12.1 Å². The van der Waals surface area contributed by atoms with Crippen molar-refractivity contribution in [1.82, 2.24) is 4.90 Å². The van der Waals surface area contributed by atoms with E-state index in [2.05, 4.69) is 0 Å². The topological polar surface area (TPSA) is 137 Å². The quantitative estimate of drug-likeness (QED) is 0.384. The van der Waals surface area contributed by atoms with Gasteiger partial charge in [-0.25, -0.2) is 0 Å². The SMILES string of the molecule is N#CCN(CC#N)C(=O)c1cc([N+](=O)[O-])cc(Cl)c1N. The predicted octanol–water partition coefficient (Wildman–Crippen LogP) is 1.32. The zero-order chi connectivity index (χ0) is 15.3. The van der Waals surface area contributed by atoms with E-state index in [4.69, 9.17) is 27.9 Å². The number of nitrogen functional groups attached to an aromatic ring is 1. The number of anilines is 1. The molecule has 0 heterocycles. The van der Waals surface area contributed by atoms with Crippen molar-refractivity contribution in [2.45, 2.75) is 0 Å². The van der Waals surface area contributed by atoms with Gasteiger partial charge in [0, 0.05) is 12.1 Å². The Morgan fingerprint density at radius 1 is 1.40 bits per heavy atom. The van der Waals surface area contributed by atoms with Gasteiger partial charge in [-0.2, -0.15) is 10.5 Å². The van der Waals surface area contributed by atoms with Gasteiger partial charge in [-0.3, -0.25) is 14.9 Å². The first-order valence-electron chi connectivity index (χ1n) is 5.19. The molecule has 0 unspecified atom stereocenters. The van der Waals surface area contributed by atoms with Crippen LogP contribution in [0.1, 0.15) is 10.4 Å². The van der Waals surface area contributed by atoms with Crippen molar-refractivity contribution in [2.75, 3.05) is 18.8 Å². The Labute approximate surface area is 118 Å². The lowest BCUT2D eigenvalue weighted by Gasteiger charge is -2.17. The molecule has 0 saturated carbocycles. The van der Waals surface area contributed by atoms with Crippen molar-refractivity contribution >= 4 is 28.9 Å². The van der Waals surface area contributed by atoms with E-state index in [1.54, 1.807) is 12.1 Å². The molecule has 2 N–H and O–H groups in total. The number of hydrogen-bond donors (Lipinski definition) is 1. The number of benzene rings is 1. The van der Waals surface area contributed by atoms with Gasteiger partial charge in [-0.05, 0) is 0 Å². The summed E-state index contributed by atoms with van der Waals surface area (Å²) in [6, 6.07) is 5.43. The number of amides is 1. The van der Waals surface area contributed by atoms with Gasteiger partial charge in [-0.15, -0.1) is 0 Å². The van der Waals surface area contributed by atoms with Gasteiger partial charge in [0.15, 0.2) is 0 Å². The molecule has 20 heavy (non-hydrogen) atoms. The standard InChI is InChI=1S/C11H8ClN5O3/c12-9-6-7(17(19)20)5-8(10(9)15)11(18)16(3-1-13)4-2-14/h5-6H,3-4,15H2. The number of halogens is 1. The minimum absolute atomic E-state index is 0.136. The van der Waals surface area contributed by atoms with Crippen molar-refractivity contribution < 1.29 is 9.72 Å². The van der Waals surface area contributed by atoms with E-state index in [1.807, 2.05) is 0 Å². The number of nitro groups is 1. The summed E-state index contributed by atoms with van der Waals surface area (Å²) in [6.07, 6.45) is 0. The molecule has 0 atom stereocenters. The largest absolute Gasteiger partial charge is 0.397 e. The minimum atomic E-state index is -0.767. The molecule has 1 amide bonds. The molecule has 0 fully saturated rings. The highest BCUT2D eigenvalue weighted by Crippen LogP contribution is 2.29. The van der Waals surface area contributed by atoms with Crippen LogP contribution in [0.4, 0.5) is 11.4 Å². The summed E-state index contributed by atoms with van der Waals surface area (Å²) in [4.78, 5) is 23.1. The molecule has 0 spiro atoms. The van der Waals surface area contributed by atoms with E-state index in [1.165, 1.54) is 0 Å². The van der Waals surface area contributed by atoms with E-state index in [0.29, 0.717) is 0 Å². The molecule has 8 nitrogen and oxygen atoms in total. The molecule has 0 aliphatic rings. The molecule has 0 radical (unpaired) electrons. The van der Waals surface area contributed by atoms with Gasteiger partial charge < -0.3 is 10.6 Å². The number of carbonyl (C=O) groups is 1.